The third-order valence-electron chi connectivity index (χ3n) is 7.79. The number of methoxy groups -OCH3 is 1. The first-order valence-electron chi connectivity index (χ1n) is 14.7. The first-order chi connectivity index (χ1) is 22.3. The highest BCUT2D eigenvalue weighted by molar-refractivity contribution is 5.84. The number of halogens is 4. The number of piperidine rings is 1. The van der Waals surface area contributed by atoms with Gasteiger partial charge in [0.15, 0.2) is 5.82 Å². The van der Waals surface area contributed by atoms with Crippen molar-refractivity contribution in [1.82, 2.24) is 29.8 Å². The predicted octanol–water partition coefficient (Wildman–Crippen LogP) is 4.50. The van der Waals surface area contributed by atoms with Crippen molar-refractivity contribution in [3.8, 4) is 11.7 Å². The lowest BCUT2D eigenvalue weighted by Gasteiger charge is -2.32. The van der Waals surface area contributed by atoms with E-state index in [1.165, 1.54) is 17.7 Å². The number of anilines is 2. The van der Waals surface area contributed by atoms with E-state index in [9.17, 15) is 22.4 Å². The van der Waals surface area contributed by atoms with Crippen molar-refractivity contribution in [2.75, 3.05) is 56.7 Å². The molecule has 2 aliphatic heterocycles. The first kappa shape index (κ1) is 31.0. The number of ether oxygens (including phenoxy) is 2. The second-order valence-electron chi connectivity index (χ2n) is 10.7. The van der Waals surface area contributed by atoms with Crippen LogP contribution in [0.4, 0.5) is 34.0 Å². The van der Waals surface area contributed by atoms with Crippen molar-refractivity contribution >= 4 is 34.9 Å². The highest BCUT2D eigenvalue weighted by Gasteiger charge is 2.27. The number of hydrazone groups is 1. The summed E-state index contributed by atoms with van der Waals surface area (Å²) < 4.78 is 67.7. The minimum atomic E-state index is -2.90. The van der Waals surface area contributed by atoms with E-state index in [1.807, 2.05) is 4.90 Å². The molecule has 6 rings (SSSR count). The standard InChI is InChI=1S/C30H31F4N9O3/c1-45-23-4-2-3-22-26(23)39-28(27(33)34)43(22)29-37-24(16-25(38-29)41-11-13-46-14-12-41)36-20-7-9-42(10-8-20)30(44)40-35-17-18-5-6-19(31)15-21(18)32/h2-6,15-17,20,27H,7-14H2,1H3,(H,40,44)(H,36,37,38). The number of carbonyl (C=O) groups is 1. The number of likely N-dealkylation sites (tertiary alicyclic amines) is 1. The van der Waals surface area contributed by atoms with Crippen molar-refractivity contribution < 1.29 is 31.8 Å². The van der Waals surface area contributed by atoms with Crippen molar-refractivity contribution in [2.24, 2.45) is 5.10 Å². The van der Waals surface area contributed by atoms with E-state index < -0.39 is 29.9 Å². The summed E-state index contributed by atoms with van der Waals surface area (Å²) in [6.07, 6.45) is -0.676. The third-order valence-corrected chi connectivity index (χ3v) is 7.79. The largest absolute Gasteiger partial charge is 0.494 e. The summed E-state index contributed by atoms with van der Waals surface area (Å²) in [4.78, 5) is 29.7. The normalized spacial score (nSPS) is 16.0. The maximum Gasteiger partial charge on any atom is 0.337 e. The van der Waals surface area contributed by atoms with Crippen molar-refractivity contribution in [3.63, 3.8) is 0 Å². The number of rotatable bonds is 8. The summed E-state index contributed by atoms with van der Waals surface area (Å²) in [5.41, 5.74) is 3.06. The number of hydrogen-bond acceptors (Lipinski definition) is 9. The van der Waals surface area contributed by atoms with E-state index in [2.05, 4.69) is 30.8 Å². The summed E-state index contributed by atoms with van der Waals surface area (Å²) in [5.74, 6) is -0.637. The molecule has 0 unspecified atom stereocenters. The number of nitrogens with one attached hydrogen (secondary N) is 2. The van der Waals surface area contributed by atoms with Crippen LogP contribution in [0.2, 0.25) is 0 Å². The zero-order chi connectivity index (χ0) is 32.2. The molecule has 0 spiro atoms. The average Bonchev–Trinajstić information content (AvgIpc) is 3.47. The highest BCUT2D eigenvalue weighted by Crippen LogP contribution is 2.33. The number of aromatic nitrogens is 4. The van der Waals surface area contributed by atoms with Gasteiger partial charge in [-0.05, 0) is 37.1 Å². The van der Waals surface area contributed by atoms with Crippen LogP contribution in [0.15, 0.2) is 47.6 Å². The van der Waals surface area contributed by atoms with Crippen LogP contribution in [0.25, 0.3) is 17.0 Å². The molecule has 12 nitrogen and oxygen atoms in total. The monoisotopic (exact) mass is 641 g/mol. The highest BCUT2D eigenvalue weighted by atomic mass is 19.3. The third kappa shape index (κ3) is 6.66. The van der Waals surface area contributed by atoms with Crippen LogP contribution in [-0.4, -0.2) is 89.2 Å². The number of carbonyl (C=O) groups excluding carboxylic acids is 1. The molecule has 46 heavy (non-hydrogen) atoms. The van der Waals surface area contributed by atoms with Gasteiger partial charge >= 0.3 is 6.03 Å². The van der Waals surface area contributed by atoms with Gasteiger partial charge in [0.25, 0.3) is 6.43 Å². The lowest BCUT2D eigenvalue weighted by atomic mass is 10.1. The summed E-state index contributed by atoms with van der Waals surface area (Å²) >= 11 is 0. The molecule has 0 aliphatic carbocycles. The zero-order valence-corrected chi connectivity index (χ0v) is 24.8. The Balaban J connectivity index is 1.20. The molecule has 0 bridgehead atoms. The Morgan fingerprint density at radius 2 is 1.85 bits per heavy atom. The van der Waals surface area contributed by atoms with Crippen LogP contribution in [-0.2, 0) is 4.74 Å². The van der Waals surface area contributed by atoms with Crippen LogP contribution in [0.3, 0.4) is 0 Å². The molecule has 0 radical (unpaired) electrons. The molecule has 2 fully saturated rings. The lowest BCUT2D eigenvalue weighted by Crippen LogP contribution is -2.45. The van der Waals surface area contributed by atoms with Gasteiger partial charge in [0.1, 0.15) is 34.5 Å². The van der Waals surface area contributed by atoms with Crippen molar-refractivity contribution in [1.29, 1.82) is 0 Å². The summed E-state index contributed by atoms with van der Waals surface area (Å²) in [5, 5.41) is 7.19. The molecule has 4 heterocycles. The maximum atomic E-state index is 14.3. The van der Waals surface area contributed by atoms with Gasteiger partial charge in [0.05, 0.1) is 32.1 Å². The molecule has 16 heteroatoms. The van der Waals surface area contributed by atoms with Gasteiger partial charge in [-0.2, -0.15) is 15.1 Å². The number of morpholine rings is 1. The second-order valence-corrected chi connectivity index (χ2v) is 10.7. The van der Waals surface area contributed by atoms with Crippen LogP contribution in [0, 0.1) is 11.6 Å². The Labute approximate surface area is 261 Å². The number of hydrogen-bond donors (Lipinski definition) is 2. The molecule has 2 aromatic carbocycles. The SMILES string of the molecule is COc1cccc2c1nc(C(F)F)n2-c1nc(NC2CCN(C(=O)NN=Cc3ccc(F)cc3F)CC2)cc(N2CCOCC2)n1. The van der Waals surface area contributed by atoms with Gasteiger partial charge in [-0.3, -0.25) is 4.57 Å². The fourth-order valence-corrected chi connectivity index (χ4v) is 5.43. The minimum Gasteiger partial charge on any atom is -0.494 e. The van der Waals surface area contributed by atoms with Crippen LogP contribution in [0.5, 0.6) is 5.75 Å². The van der Waals surface area contributed by atoms with Gasteiger partial charge in [0, 0.05) is 49.9 Å². The molecule has 2 aromatic heterocycles. The molecule has 2 amide bonds. The molecule has 4 aromatic rings. The van der Waals surface area contributed by atoms with Gasteiger partial charge in [-0.25, -0.2) is 32.8 Å². The average molecular weight is 642 g/mol. The van der Waals surface area contributed by atoms with Crippen LogP contribution < -0.4 is 20.4 Å². The number of para-hydroxylation sites is 1. The lowest BCUT2D eigenvalue weighted by molar-refractivity contribution is 0.122. The number of alkyl halides is 2. The molecule has 2 aliphatic rings. The van der Waals surface area contributed by atoms with Gasteiger partial charge in [0.2, 0.25) is 5.95 Å². The number of fused-ring (bicyclic) bond motifs is 1. The van der Waals surface area contributed by atoms with E-state index in [1.54, 1.807) is 29.2 Å². The smallest absolute Gasteiger partial charge is 0.337 e. The predicted molar refractivity (Wildman–Crippen MR) is 162 cm³/mol. The van der Waals surface area contributed by atoms with Crippen molar-refractivity contribution in [2.45, 2.75) is 25.3 Å². The molecule has 2 N–H and O–H groups in total. The Morgan fingerprint density at radius 3 is 2.57 bits per heavy atom. The van der Waals surface area contributed by atoms with E-state index in [4.69, 9.17) is 9.47 Å². The zero-order valence-electron chi connectivity index (χ0n) is 24.8. The number of nitrogens with zero attached hydrogens (tertiary/aromatic N) is 7. The number of imidazole rings is 1. The van der Waals surface area contributed by atoms with Crippen LogP contribution in [0.1, 0.15) is 30.7 Å². The number of benzene rings is 2. The van der Waals surface area contributed by atoms with E-state index >= 15 is 0 Å². The minimum absolute atomic E-state index is 0.0322. The number of urea groups is 1. The summed E-state index contributed by atoms with van der Waals surface area (Å²) in [6.45, 7) is 2.91. The Bertz CT molecular complexity index is 1740. The fourth-order valence-electron chi connectivity index (χ4n) is 5.43. The van der Waals surface area contributed by atoms with E-state index in [-0.39, 0.29) is 23.1 Å². The van der Waals surface area contributed by atoms with Gasteiger partial charge in [-0.15, -0.1) is 0 Å². The molecular formula is C30H31F4N9O3. The first-order valence-corrected chi connectivity index (χ1v) is 14.7. The maximum absolute atomic E-state index is 14.3. The Kier molecular flexibility index (Phi) is 9.14. The van der Waals surface area contributed by atoms with Crippen LogP contribution >= 0.6 is 0 Å². The summed E-state index contributed by atoms with van der Waals surface area (Å²) in [6, 6.07) is 9.29. The molecule has 2 saturated heterocycles. The molecule has 0 atom stereocenters. The van der Waals surface area contributed by atoms with E-state index in [0.29, 0.717) is 75.1 Å². The molecular weight excluding hydrogens is 610 g/mol. The Hall–Kier alpha value is -4.99. The van der Waals surface area contributed by atoms with Gasteiger partial charge in [-0.1, -0.05) is 6.07 Å². The second kappa shape index (κ2) is 13.6. The molecule has 0 saturated carbocycles. The molecule has 242 valence electrons. The summed E-state index contributed by atoms with van der Waals surface area (Å²) in [7, 11) is 1.45. The fraction of sp³-hybridized carbons (Fsp3) is 0.367. The quantitative estimate of drug-likeness (QED) is 0.164. The Morgan fingerprint density at radius 1 is 1.07 bits per heavy atom. The topological polar surface area (TPSA) is 122 Å². The number of amides is 2. The van der Waals surface area contributed by atoms with E-state index in [0.717, 1.165) is 18.3 Å². The van der Waals surface area contributed by atoms with Gasteiger partial charge < -0.3 is 24.6 Å². The van der Waals surface area contributed by atoms with Crippen molar-refractivity contribution in [3.05, 3.63) is 65.5 Å².